The second kappa shape index (κ2) is 5.26. The lowest BCUT2D eigenvalue weighted by molar-refractivity contribution is -0.292. The number of H-pyrrole nitrogens is 1. The van der Waals surface area contributed by atoms with Crippen molar-refractivity contribution in [3.05, 3.63) is 51.7 Å². The van der Waals surface area contributed by atoms with Crippen LogP contribution in [0.2, 0.25) is 5.02 Å². The van der Waals surface area contributed by atoms with E-state index in [1.54, 1.807) is 0 Å². The van der Waals surface area contributed by atoms with Gasteiger partial charge in [-0.25, -0.2) is 9.67 Å². The molecule has 0 saturated heterocycles. The smallest absolute Gasteiger partial charge is 0.304 e. The molecule has 5 nitrogen and oxygen atoms in total. The van der Waals surface area contributed by atoms with Crippen LogP contribution in [0.5, 0.6) is 0 Å². The molecular weight excluding hydrogens is 359 g/mol. The first-order valence-electron chi connectivity index (χ1n) is 6.30. The predicted molar refractivity (Wildman–Crippen MR) is 74.4 cm³/mol. The van der Waals surface area contributed by atoms with Crippen LogP contribution >= 0.6 is 11.6 Å². The Kier molecular flexibility index (Phi) is 3.59. The zero-order chi connectivity index (χ0) is 17.7. The normalized spacial score (nSPS) is 12.8. The molecule has 0 atom stereocenters. The number of alkyl halides is 5. The van der Waals surface area contributed by atoms with Gasteiger partial charge in [-0.3, -0.25) is 4.79 Å². The molecule has 0 bridgehead atoms. The van der Waals surface area contributed by atoms with Crippen molar-refractivity contribution in [2.24, 2.45) is 0 Å². The molecular formula is C13H6ClF5N4O. The monoisotopic (exact) mass is 364 g/mol. The van der Waals surface area contributed by atoms with Crippen LogP contribution in [0.25, 0.3) is 16.7 Å². The van der Waals surface area contributed by atoms with Crippen molar-refractivity contribution in [3.8, 4) is 5.69 Å². The van der Waals surface area contributed by atoms with E-state index in [0.717, 1.165) is 10.9 Å². The van der Waals surface area contributed by atoms with Crippen LogP contribution in [-0.4, -0.2) is 25.9 Å². The lowest BCUT2D eigenvalue weighted by Gasteiger charge is -2.18. The Morgan fingerprint density at radius 1 is 1.17 bits per heavy atom. The first kappa shape index (κ1) is 16.4. The maximum atomic E-state index is 13.5. The minimum Gasteiger partial charge on any atom is -0.304 e. The van der Waals surface area contributed by atoms with E-state index in [9.17, 15) is 26.7 Å². The predicted octanol–water partition coefficient (Wildman–Crippen LogP) is 3.42. The van der Waals surface area contributed by atoms with Crippen molar-refractivity contribution in [1.29, 1.82) is 0 Å². The standard InChI is InChI=1S/C13H6ClF5N4O/c14-6-2-1-3-7(4-6)23-9-8(5-20-23)10(24)22-11(21-9)12(15,16)13(17,18)19/h1-5H,(H,21,22,24). The van der Waals surface area contributed by atoms with E-state index in [1.165, 1.54) is 29.2 Å². The summed E-state index contributed by atoms with van der Waals surface area (Å²) in [6.45, 7) is 0. The lowest BCUT2D eigenvalue weighted by atomic mass is 10.3. The second-order valence-corrected chi connectivity index (χ2v) is 5.20. The molecule has 0 spiro atoms. The number of hydrogen-bond acceptors (Lipinski definition) is 3. The number of nitrogens with one attached hydrogen (secondary N) is 1. The third kappa shape index (κ3) is 2.52. The molecule has 126 valence electrons. The number of nitrogens with zero attached hydrogens (tertiary/aromatic N) is 3. The number of benzene rings is 1. The molecule has 1 N–H and O–H groups in total. The Morgan fingerprint density at radius 2 is 1.88 bits per heavy atom. The summed E-state index contributed by atoms with van der Waals surface area (Å²) in [6, 6.07) is 5.91. The van der Waals surface area contributed by atoms with Crippen LogP contribution in [0.4, 0.5) is 22.0 Å². The van der Waals surface area contributed by atoms with Gasteiger partial charge in [0.15, 0.2) is 11.5 Å². The molecule has 0 fully saturated rings. The number of aromatic nitrogens is 4. The van der Waals surface area contributed by atoms with Crippen molar-refractivity contribution < 1.29 is 22.0 Å². The van der Waals surface area contributed by atoms with Gasteiger partial charge in [-0.2, -0.15) is 27.1 Å². The number of halogens is 6. The Bertz CT molecular complexity index is 978. The van der Waals surface area contributed by atoms with Gasteiger partial charge in [-0.15, -0.1) is 0 Å². The number of aromatic amines is 1. The van der Waals surface area contributed by atoms with Crippen LogP contribution in [0.15, 0.2) is 35.3 Å². The second-order valence-electron chi connectivity index (χ2n) is 4.76. The maximum absolute atomic E-state index is 13.5. The van der Waals surface area contributed by atoms with Crippen molar-refractivity contribution in [1.82, 2.24) is 19.7 Å². The molecule has 0 amide bonds. The number of hydrogen-bond donors (Lipinski definition) is 1. The van der Waals surface area contributed by atoms with Gasteiger partial charge >= 0.3 is 12.1 Å². The van der Waals surface area contributed by atoms with Gasteiger partial charge in [-0.1, -0.05) is 17.7 Å². The SMILES string of the molecule is O=c1[nH]c(C(F)(F)C(F)(F)F)nc2c1cnn2-c1cccc(Cl)c1. The third-order valence-corrected chi connectivity index (χ3v) is 3.38. The molecule has 0 aliphatic rings. The highest BCUT2D eigenvalue weighted by atomic mass is 35.5. The van der Waals surface area contributed by atoms with Crippen molar-refractivity contribution >= 4 is 22.6 Å². The summed E-state index contributed by atoms with van der Waals surface area (Å²) >= 11 is 5.81. The number of rotatable bonds is 2. The molecule has 3 rings (SSSR count). The van der Waals surface area contributed by atoms with Gasteiger partial charge in [0.05, 0.1) is 11.9 Å². The van der Waals surface area contributed by atoms with Crippen molar-refractivity contribution in [2.75, 3.05) is 0 Å². The molecule has 11 heteroatoms. The highest BCUT2D eigenvalue weighted by Crippen LogP contribution is 2.42. The van der Waals surface area contributed by atoms with E-state index in [4.69, 9.17) is 11.6 Å². The average molecular weight is 365 g/mol. The molecule has 3 aromatic rings. The van der Waals surface area contributed by atoms with Gasteiger partial charge in [0.2, 0.25) is 0 Å². The van der Waals surface area contributed by atoms with Gasteiger partial charge in [0, 0.05) is 5.02 Å². The highest BCUT2D eigenvalue weighted by Gasteiger charge is 2.61. The summed E-state index contributed by atoms with van der Waals surface area (Å²) in [5, 5.41) is 3.84. The molecule has 0 radical (unpaired) electrons. The summed E-state index contributed by atoms with van der Waals surface area (Å²) in [7, 11) is 0. The fourth-order valence-electron chi connectivity index (χ4n) is 2.00. The van der Waals surface area contributed by atoms with E-state index >= 15 is 0 Å². The van der Waals surface area contributed by atoms with Gasteiger partial charge in [0.1, 0.15) is 5.39 Å². The van der Waals surface area contributed by atoms with E-state index in [1.807, 2.05) is 0 Å². The average Bonchev–Trinajstić information content (AvgIpc) is 2.90. The molecule has 0 saturated carbocycles. The van der Waals surface area contributed by atoms with Crippen LogP contribution in [-0.2, 0) is 5.92 Å². The summed E-state index contributed by atoms with van der Waals surface area (Å²) in [5.41, 5.74) is -1.36. The first-order valence-corrected chi connectivity index (χ1v) is 6.68. The molecule has 0 aliphatic heterocycles. The zero-order valence-corrected chi connectivity index (χ0v) is 12.2. The minimum atomic E-state index is -5.91. The first-order chi connectivity index (χ1) is 11.1. The lowest BCUT2D eigenvalue weighted by Crippen LogP contribution is -2.37. The molecule has 2 aromatic heterocycles. The molecule has 0 aliphatic carbocycles. The van der Waals surface area contributed by atoms with Crippen LogP contribution < -0.4 is 5.56 Å². The fraction of sp³-hybridized carbons (Fsp3) is 0.154. The topological polar surface area (TPSA) is 63.6 Å². The quantitative estimate of drug-likeness (QED) is 0.709. The molecule has 2 heterocycles. The summed E-state index contributed by atoms with van der Waals surface area (Å²) in [6.07, 6.45) is -4.89. The summed E-state index contributed by atoms with van der Waals surface area (Å²) in [4.78, 5) is 16.5. The fourth-order valence-corrected chi connectivity index (χ4v) is 2.18. The van der Waals surface area contributed by atoms with E-state index in [2.05, 4.69) is 10.1 Å². The van der Waals surface area contributed by atoms with Gasteiger partial charge in [0.25, 0.3) is 5.56 Å². The van der Waals surface area contributed by atoms with Crippen molar-refractivity contribution in [3.63, 3.8) is 0 Å². The molecule has 24 heavy (non-hydrogen) atoms. The van der Waals surface area contributed by atoms with Crippen molar-refractivity contribution in [2.45, 2.75) is 12.1 Å². The van der Waals surface area contributed by atoms with E-state index < -0.39 is 29.1 Å². The van der Waals surface area contributed by atoms with Gasteiger partial charge in [-0.05, 0) is 18.2 Å². The van der Waals surface area contributed by atoms with E-state index in [-0.39, 0.29) is 16.1 Å². The summed E-state index contributed by atoms with van der Waals surface area (Å²) < 4.78 is 65.4. The number of fused-ring (bicyclic) bond motifs is 1. The third-order valence-electron chi connectivity index (χ3n) is 3.14. The molecule has 0 unspecified atom stereocenters. The highest BCUT2D eigenvalue weighted by molar-refractivity contribution is 6.30. The van der Waals surface area contributed by atoms with Gasteiger partial charge < -0.3 is 4.98 Å². The summed E-state index contributed by atoms with van der Waals surface area (Å²) in [5.74, 6) is -7.12. The maximum Gasteiger partial charge on any atom is 0.461 e. The largest absolute Gasteiger partial charge is 0.461 e. The Labute approximate surface area is 134 Å². The minimum absolute atomic E-state index is 0.239. The molecule has 1 aromatic carbocycles. The van der Waals surface area contributed by atoms with Crippen LogP contribution in [0.3, 0.4) is 0 Å². The Morgan fingerprint density at radius 3 is 2.50 bits per heavy atom. The van der Waals surface area contributed by atoms with E-state index in [0.29, 0.717) is 0 Å². The zero-order valence-electron chi connectivity index (χ0n) is 11.4. The Hall–Kier alpha value is -2.49. The Balaban J connectivity index is 2.28. The van der Waals surface area contributed by atoms with Crippen LogP contribution in [0.1, 0.15) is 5.82 Å². The van der Waals surface area contributed by atoms with Crippen LogP contribution in [0, 0.1) is 0 Å².